The average molecular weight is 198 g/mol. The fourth-order valence-corrected chi connectivity index (χ4v) is 1.85. The van der Waals surface area contributed by atoms with Gasteiger partial charge in [0.25, 0.3) is 0 Å². The molecule has 0 unspecified atom stereocenters. The Hall–Kier alpha value is -0.670. The molecule has 0 saturated carbocycles. The number of thioether (sulfide) groups is 1. The van der Waals surface area contributed by atoms with E-state index < -0.39 is 0 Å². The third kappa shape index (κ3) is 2.94. The lowest BCUT2D eigenvalue weighted by molar-refractivity contribution is 0.265. The fourth-order valence-electron chi connectivity index (χ4n) is 0.873. The molecule has 2 nitrogen and oxygen atoms in total. The summed E-state index contributed by atoms with van der Waals surface area (Å²) in [6, 6.07) is 7.15. The van der Waals surface area contributed by atoms with Crippen molar-refractivity contribution >= 4 is 11.8 Å². The molecule has 0 heterocycles. The maximum Gasteiger partial charge on any atom is 0.129 e. The highest BCUT2D eigenvalue weighted by molar-refractivity contribution is 8.00. The van der Waals surface area contributed by atoms with E-state index in [0.29, 0.717) is 0 Å². The first-order chi connectivity index (χ1) is 6.05. The van der Waals surface area contributed by atoms with Crippen LogP contribution in [0.1, 0.15) is 13.8 Å². The zero-order valence-corrected chi connectivity index (χ0v) is 8.64. The monoisotopic (exact) mass is 198 g/mol. The molecule has 0 saturated heterocycles. The van der Waals surface area contributed by atoms with Gasteiger partial charge in [0.05, 0.1) is 6.61 Å². The van der Waals surface area contributed by atoms with Crippen LogP contribution in [0.3, 0.4) is 0 Å². The van der Waals surface area contributed by atoms with E-state index in [9.17, 15) is 5.11 Å². The van der Waals surface area contributed by atoms with E-state index in [2.05, 4.69) is 0 Å². The summed E-state index contributed by atoms with van der Waals surface area (Å²) < 4.78 is -0.251. The molecule has 0 aliphatic carbocycles. The highest BCUT2D eigenvalue weighted by Gasteiger charge is 2.19. The Morgan fingerprint density at radius 1 is 1.31 bits per heavy atom. The van der Waals surface area contributed by atoms with Crippen LogP contribution in [0.25, 0.3) is 0 Å². The number of rotatable bonds is 3. The molecule has 72 valence electrons. The Morgan fingerprint density at radius 3 is 2.46 bits per heavy atom. The van der Waals surface area contributed by atoms with Crippen LogP contribution in [-0.2, 0) is 0 Å². The number of aliphatic hydroxyl groups excluding tert-OH is 1. The molecule has 1 aromatic carbocycles. The van der Waals surface area contributed by atoms with Gasteiger partial charge >= 0.3 is 0 Å². The molecule has 1 aromatic rings. The normalized spacial score (nSPS) is 11.6. The quantitative estimate of drug-likeness (QED) is 0.732. The molecule has 3 heteroatoms. The van der Waals surface area contributed by atoms with Crippen molar-refractivity contribution in [1.29, 1.82) is 0 Å². The van der Waals surface area contributed by atoms with E-state index >= 15 is 0 Å². The molecular weight excluding hydrogens is 184 g/mol. The van der Waals surface area contributed by atoms with Crippen LogP contribution in [0.2, 0.25) is 0 Å². The van der Waals surface area contributed by atoms with Crippen LogP contribution >= 0.6 is 11.8 Å². The Labute approximate surface area is 82.6 Å². The third-order valence-electron chi connectivity index (χ3n) is 1.63. The lowest BCUT2D eigenvalue weighted by Crippen LogP contribution is -2.19. The first kappa shape index (κ1) is 10.4. The number of para-hydroxylation sites is 1. The smallest absolute Gasteiger partial charge is 0.129 e. The second-order valence-corrected chi connectivity index (χ2v) is 5.24. The third-order valence-corrected chi connectivity index (χ3v) is 2.88. The summed E-state index contributed by atoms with van der Waals surface area (Å²) in [4.78, 5) is 0.807. The molecule has 0 aliphatic rings. The van der Waals surface area contributed by atoms with Gasteiger partial charge in [-0.1, -0.05) is 12.1 Å². The zero-order chi connectivity index (χ0) is 9.90. The molecular formula is C10H14O2S. The number of benzene rings is 1. The van der Waals surface area contributed by atoms with Gasteiger partial charge < -0.3 is 10.2 Å². The predicted octanol–water partition coefficient (Wildman–Crippen LogP) is 2.26. The van der Waals surface area contributed by atoms with Gasteiger partial charge in [-0.3, -0.25) is 0 Å². The van der Waals surface area contributed by atoms with E-state index in [1.165, 1.54) is 11.8 Å². The number of aliphatic hydroxyl groups is 1. The van der Waals surface area contributed by atoms with Gasteiger partial charge in [0, 0.05) is 9.64 Å². The molecule has 0 fully saturated rings. The van der Waals surface area contributed by atoms with Crippen LogP contribution in [0.4, 0.5) is 0 Å². The standard InChI is InChI=1S/C10H14O2S/c1-10(2,7-11)13-9-6-4-3-5-8(9)12/h3-6,11-12H,7H2,1-2H3. The molecule has 13 heavy (non-hydrogen) atoms. The van der Waals surface area contributed by atoms with Gasteiger partial charge in [0.1, 0.15) is 5.75 Å². The van der Waals surface area contributed by atoms with E-state index in [1.54, 1.807) is 12.1 Å². The minimum absolute atomic E-state index is 0.0893. The average Bonchev–Trinajstić information content (AvgIpc) is 2.09. The molecule has 0 amide bonds. The van der Waals surface area contributed by atoms with Crippen molar-refractivity contribution in [3.05, 3.63) is 24.3 Å². The predicted molar refractivity (Wildman–Crippen MR) is 55.1 cm³/mol. The van der Waals surface area contributed by atoms with Crippen molar-refractivity contribution < 1.29 is 10.2 Å². The SMILES string of the molecule is CC(C)(CO)Sc1ccccc1O. The molecule has 0 atom stereocenters. The van der Waals surface area contributed by atoms with E-state index in [4.69, 9.17) is 5.11 Å². The van der Waals surface area contributed by atoms with Gasteiger partial charge in [0.2, 0.25) is 0 Å². The van der Waals surface area contributed by atoms with Crippen LogP contribution in [-0.4, -0.2) is 21.6 Å². The highest BCUT2D eigenvalue weighted by atomic mass is 32.2. The highest BCUT2D eigenvalue weighted by Crippen LogP contribution is 2.36. The Balaban J connectivity index is 2.80. The van der Waals surface area contributed by atoms with Crippen molar-refractivity contribution in [1.82, 2.24) is 0 Å². The van der Waals surface area contributed by atoms with Crippen LogP contribution in [0.5, 0.6) is 5.75 Å². The lowest BCUT2D eigenvalue weighted by atomic mass is 10.2. The van der Waals surface area contributed by atoms with Crippen molar-refractivity contribution in [2.45, 2.75) is 23.5 Å². The number of phenolic OH excluding ortho intramolecular Hbond substituents is 1. The van der Waals surface area contributed by atoms with Gasteiger partial charge in [-0.05, 0) is 26.0 Å². The van der Waals surface area contributed by atoms with Gasteiger partial charge in [0.15, 0.2) is 0 Å². The zero-order valence-electron chi connectivity index (χ0n) is 7.82. The fraction of sp³-hybridized carbons (Fsp3) is 0.400. The maximum absolute atomic E-state index is 9.47. The van der Waals surface area contributed by atoms with Crippen LogP contribution in [0, 0.1) is 0 Å². The topological polar surface area (TPSA) is 40.5 Å². The Morgan fingerprint density at radius 2 is 1.92 bits per heavy atom. The Kier molecular flexibility index (Phi) is 3.22. The first-order valence-corrected chi connectivity index (χ1v) is 4.95. The summed E-state index contributed by atoms with van der Waals surface area (Å²) in [5.74, 6) is 0.272. The van der Waals surface area contributed by atoms with E-state index in [1.807, 2.05) is 26.0 Å². The van der Waals surface area contributed by atoms with Gasteiger partial charge in [-0.25, -0.2) is 0 Å². The molecule has 0 radical (unpaired) electrons. The largest absolute Gasteiger partial charge is 0.507 e. The Bertz CT molecular complexity index is 284. The van der Waals surface area contributed by atoms with Gasteiger partial charge in [-0.15, -0.1) is 11.8 Å². The molecule has 0 bridgehead atoms. The number of phenols is 1. The summed E-state index contributed by atoms with van der Waals surface area (Å²) in [6.07, 6.45) is 0. The summed E-state index contributed by atoms with van der Waals surface area (Å²) in [5, 5.41) is 18.5. The molecule has 1 rings (SSSR count). The van der Waals surface area contributed by atoms with E-state index in [-0.39, 0.29) is 17.1 Å². The number of hydrogen-bond donors (Lipinski definition) is 2. The maximum atomic E-state index is 9.47. The summed E-state index contributed by atoms with van der Waals surface area (Å²) in [6.45, 7) is 3.96. The van der Waals surface area contributed by atoms with Crippen LogP contribution < -0.4 is 0 Å². The molecule has 0 spiro atoms. The second kappa shape index (κ2) is 4.03. The first-order valence-electron chi connectivity index (χ1n) is 4.13. The minimum Gasteiger partial charge on any atom is -0.507 e. The van der Waals surface area contributed by atoms with Crippen molar-refractivity contribution in [2.75, 3.05) is 6.61 Å². The van der Waals surface area contributed by atoms with Crippen molar-refractivity contribution in [3.63, 3.8) is 0 Å². The lowest BCUT2D eigenvalue weighted by Gasteiger charge is -2.21. The van der Waals surface area contributed by atoms with Crippen LogP contribution in [0.15, 0.2) is 29.2 Å². The number of hydrogen-bond acceptors (Lipinski definition) is 3. The van der Waals surface area contributed by atoms with Gasteiger partial charge in [-0.2, -0.15) is 0 Å². The summed E-state index contributed by atoms with van der Waals surface area (Å²) >= 11 is 1.47. The van der Waals surface area contributed by atoms with Crippen molar-refractivity contribution in [3.8, 4) is 5.75 Å². The number of aromatic hydroxyl groups is 1. The molecule has 0 aromatic heterocycles. The molecule has 0 aliphatic heterocycles. The summed E-state index contributed by atoms with van der Waals surface area (Å²) in [7, 11) is 0. The van der Waals surface area contributed by atoms with E-state index in [0.717, 1.165) is 4.90 Å². The molecule has 2 N–H and O–H groups in total. The summed E-state index contributed by atoms with van der Waals surface area (Å²) in [5.41, 5.74) is 0. The van der Waals surface area contributed by atoms with Crippen molar-refractivity contribution in [2.24, 2.45) is 0 Å². The minimum atomic E-state index is -0.251. The second-order valence-electron chi connectivity index (χ2n) is 3.49.